The summed E-state index contributed by atoms with van der Waals surface area (Å²) in [7, 11) is 0. The first-order valence-electron chi connectivity index (χ1n) is 12.4. The predicted octanol–water partition coefficient (Wildman–Crippen LogP) is 5.29. The first kappa shape index (κ1) is 27.1. The van der Waals surface area contributed by atoms with E-state index < -0.39 is 6.36 Å². The van der Waals surface area contributed by atoms with E-state index in [0.29, 0.717) is 29.0 Å². The van der Waals surface area contributed by atoms with E-state index in [1.807, 2.05) is 6.08 Å². The van der Waals surface area contributed by atoms with Crippen LogP contribution >= 0.6 is 0 Å². The van der Waals surface area contributed by atoms with Crippen LogP contribution in [0.15, 0.2) is 77.0 Å². The van der Waals surface area contributed by atoms with Crippen LogP contribution in [0.4, 0.5) is 24.7 Å². The Balaban J connectivity index is 1.67. The Morgan fingerprint density at radius 1 is 1.21 bits per heavy atom. The van der Waals surface area contributed by atoms with Crippen molar-refractivity contribution in [2.75, 3.05) is 31.5 Å². The van der Waals surface area contributed by atoms with Crippen molar-refractivity contribution in [1.29, 1.82) is 5.41 Å². The summed E-state index contributed by atoms with van der Waals surface area (Å²) in [6, 6.07) is 9.12. The molecule has 3 N–H and O–H groups in total. The highest BCUT2D eigenvalue weighted by Gasteiger charge is 2.32. The third kappa shape index (κ3) is 7.28. The molecule has 0 unspecified atom stereocenters. The number of nitrogens with zero attached hydrogens (tertiary/aromatic N) is 4. The van der Waals surface area contributed by atoms with E-state index in [0.717, 1.165) is 51.0 Å². The molecule has 1 aromatic heterocycles. The first-order valence-corrected chi connectivity index (χ1v) is 12.4. The SMILES string of the molecule is C=CN=C(N=C(/C=C(/C=N)C1CCC1)N1CCNCC1)c1ccnc(Nc2ccccc2OC(F)(F)F)c1. The minimum absolute atomic E-state index is 0.112. The number of hydrogen-bond acceptors (Lipinski definition) is 6. The van der Waals surface area contributed by atoms with Gasteiger partial charge in [0.05, 0.1) is 5.69 Å². The van der Waals surface area contributed by atoms with Gasteiger partial charge < -0.3 is 25.7 Å². The van der Waals surface area contributed by atoms with E-state index >= 15 is 0 Å². The van der Waals surface area contributed by atoms with Gasteiger partial charge in [-0.15, -0.1) is 13.2 Å². The van der Waals surface area contributed by atoms with Crippen molar-refractivity contribution in [3.63, 3.8) is 0 Å². The average Bonchev–Trinajstić information content (AvgIpc) is 2.87. The van der Waals surface area contributed by atoms with E-state index in [-0.39, 0.29) is 11.4 Å². The van der Waals surface area contributed by atoms with Crippen LogP contribution < -0.4 is 15.4 Å². The Kier molecular flexibility index (Phi) is 8.90. The summed E-state index contributed by atoms with van der Waals surface area (Å²) < 4.78 is 42.7. The molecule has 200 valence electrons. The zero-order chi connectivity index (χ0) is 27.0. The Labute approximate surface area is 219 Å². The molecule has 2 aromatic rings. The van der Waals surface area contributed by atoms with E-state index in [4.69, 9.17) is 10.4 Å². The minimum atomic E-state index is -4.83. The van der Waals surface area contributed by atoms with E-state index in [1.165, 1.54) is 36.8 Å². The minimum Gasteiger partial charge on any atom is -0.404 e. The number of rotatable bonds is 8. The number of allylic oxidation sites excluding steroid dienone is 1. The summed E-state index contributed by atoms with van der Waals surface area (Å²) in [6.07, 6.45) is 4.73. The van der Waals surface area contributed by atoms with Crippen LogP contribution in [0.5, 0.6) is 5.75 Å². The highest BCUT2D eigenvalue weighted by Crippen LogP contribution is 2.33. The Bertz CT molecular complexity index is 1230. The second-order valence-electron chi connectivity index (χ2n) is 8.86. The number of benzene rings is 1. The maximum absolute atomic E-state index is 12.9. The lowest BCUT2D eigenvalue weighted by Crippen LogP contribution is -2.46. The molecule has 2 fully saturated rings. The van der Waals surface area contributed by atoms with Crippen LogP contribution in [-0.2, 0) is 0 Å². The number of alkyl halides is 3. The van der Waals surface area contributed by atoms with Crippen molar-refractivity contribution in [3.8, 4) is 5.75 Å². The van der Waals surface area contributed by atoms with Gasteiger partial charge in [-0.2, -0.15) is 0 Å². The molecule has 0 radical (unpaired) electrons. The topological polar surface area (TPSA) is 98.0 Å². The van der Waals surface area contributed by atoms with E-state index in [9.17, 15) is 13.2 Å². The number of para-hydroxylation sites is 2. The maximum atomic E-state index is 12.9. The van der Waals surface area contributed by atoms with Crippen molar-refractivity contribution in [2.24, 2.45) is 15.9 Å². The van der Waals surface area contributed by atoms with Crippen LogP contribution in [0.3, 0.4) is 0 Å². The first-order chi connectivity index (χ1) is 18.4. The standard InChI is InChI=1S/C27H30F3N7O/c1-2-33-26(36-25(37-14-12-32-13-15-37)17-21(18-31)19-6-5-7-19)20-10-11-34-24(16-20)35-22-8-3-4-9-23(22)38-27(28,29)30/h2-4,8-11,16-19,31-32H,1,5-7,12-15H2,(H,34,35)/b21-17-,31-18?,33-26?,36-25?. The molecule has 8 nitrogen and oxygen atoms in total. The van der Waals surface area contributed by atoms with Gasteiger partial charge in [0.2, 0.25) is 0 Å². The van der Waals surface area contributed by atoms with Crippen LogP contribution in [0, 0.1) is 11.3 Å². The van der Waals surface area contributed by atoms with Crippen molar-refractivity contribution in [2.45, 2.75) is 25.6 Å². The van der Waals surface area contributed by atoms with Gasteiger partial charge in [-0.05, 0) is 54.7 Å². The normalized spacial score (nSPS) is 17.6. The van der Waals surface area contributed by atoms with Gasteiger partial charge in [-0.3, -0.25) is 0 Å². The lowest BCUT2D eigenvalue weighted by atomic mass is 9.80. The Morgan fingerprint density at radius 2 is 1.97 bits per heavy atom. The average molecular weight is 526 g/mol. The summed E-state index contributed by atoms with van der Waals surface area (Å²) in [5, 5.41) is 14.2. The number of ether oxygens (including phenoxy) is 1. The largest absolute Gasteiger partial charge is 0.573 e. The fraction of sp³-hybridized carbons (Fsp3) is 0.333. The van der Waals surface area contributed by atoms with Crippen LogP contribution in [0.2, 0.25) is 0 Å². The molecule has 1 aromatic carbocycles. The molecular weight excluding hydrogens is 495 g/mol. The van der Waals surface area contributed by atoms with Gasteiger partial charge in [-0.25, -0.2) is 15.0 Å². The quantitative estimate of drug-likeness (QED) is 0.321. The molecule has 1 aliphatic carbocycles. The third-order valence-corrected chi connectivity index (χ3v) is 6.31. The number of pyridine rings is 1. The summed E-state index contributed by atoms with van der Waals surface area (Å²) in [5.41, 5.74) is 1.64. The molecule has 0 bridgehead atoms. The number of nitrogens with one attached hydrogen (secondary N) is 3. The molecule has 1 saturated heterocycles. The number of halogens is 3. The lowest BCUT2D eigenvalue weighted by molar-refractivity contribution is -0.274. The molecule has 38 heavy (non-hydrogen) atoms. The number of aromatic nitrogens is 1. The van der Waals surface area contributed by atoms with Gasteiger partial charge in [0.1, 0.15) is 11.7 Å². The van der Waals surface area contributed by atoms with E-state index in [1.54, 1.807) is 18.2 Å². The molecule has 0 amide bonds. The zero-order valence-corrected chi connectivity index (χ0v) is 20.8. The van der Waals surface area contributed by atoms with Gasteiger partial charge in [0, 0.05) is 50.4 Å². The lowest BCUT2D eigenvalue weighted by Gasteiger charge is -2.31. The molecule has 1 aliphatic heterocycles. The second-order valence-corrected chi connectivity index (χ2v) is 8.86. The fourth-order valence-corrected chi connectivity index (χ4v) is 4.18. The summed E-state index contributed by atoms with van der Waals surface area (Å²) in [6.45, 7) is 6.86. The van der Waals surface area contributed by atoms with Gasteiger partial charge in [-0.1, -0.05) is 25.1 Å². The number of aliphatic imine (C=N–C) groups is 2. The molecule has 0 spiro atoms. The van der Waals surface area contributed by atoms with Crippen molar-refractivity contribution in [3.05, 3.63) is 72.6 Å². The molecule has 2 heterocycles. The highest BCUT2D eigenvalue weighted by atomic mass is 19.4. The highest BCUT2D eigenvalue weighted by molar-refractivity contribution is 6.11. The Morgan fingerprint density at radius 3 is 2.63 bits per heavy atom. The number of hydrogen-bond donors (Lipinski definition) is 3. The van der Waals surface area contributed by atoms with Gasteiger partial charge >= 0.3 is 6.36 Å². The van der Waals surface area contributed by atoms with Crippen molar-refractivity contribution >= 4 is 29.4 Å². The smallest absolute Gasteiger partial charge is 0.404 e. The molecule has 2 aliphatic rings. The molecule has 1 saturated carbocycles. The number of anilines is 2. The molecular formula is C27H30F3N7O. The molecule has 4 rings (SSSR count). The summed E-state index contributed by atoms with van der Waals surface area (Å²) >= 11 is 0. The number of piperazine rings is 1. The monoisotopic (exact) mass is 525 g/mol. The van der Waals surface area contributed by atoms with Crippen LogP contribution in [-0.4, -0.2) is 60.3 Å². The third-order valence-electron chi connectivity index (χ3n) is 6.31. The second kappa shape index (κ2) is 12.5. The van der Waals surface area contributed by atoms with Crippen molar-refractivity contribution in [1.82, 2.24) is 15.2 Å². The van der Waals surface area contributed by atoms with Gasteiger partial charge in [0.25, 0.3) is 0 Å². The molecule has 0 atom stereocenters. The number of amidine groups is 2. The fourth-order valence-electron chi connectivity index (χ4n) is 4.18. The summed E-state index contributed by atoms with van der Waals surface area (Å²) in [4.78, 5) is 15.7. The van der Waals surface area contributed by atoms with Gasteiger partial charge in [0.15, 0.2) is 11.6 Å². The van der Waals surface area contributed by atoms with E-state index in [2.05, 4.69) is 36.8 Å². The van der Waals surface area contributed by atoms with Crippen molar-refractivity contribution < 1.29 is 17.9 Å². The Hall–Kier alpha value is -3.99. The summed E-state index contributed by atoms with van der Waals surface area (Å²) in [5.74, 6) is 1.35. The molecule has 11 heteroatoms. The zero-order valence-electron chi connectivity index (χ0n) is 20.8. The maximum Gasteiger partial charge on any atom is 0.573 e. The predicted molar refractivity (Wildman–Crippen MR) is 143 cm³/mol. The van der Waals surface area contributed by atoms with Crippen LogP contribution in [0.1, 0.15) is 24.8 Å². The van der Waals surface area contributed by atoms with Crippen LogP contribution in [0.25, 0.3) is 0 Å².